The van der Waals surface area contributed by atoms with Gasteiger partial charge in [0.1, 0.15) is 19.3 Å². The number of esters is 4. The molecule has 468 valence electrons. The Labute approximate surface area is 479 Å². The van der Waals surface area contributed by atoms with Gasteiger partial charge in [-0.15, -0.1) is 0 Å². The molecule has 0 rings (SSSR count). The van der Waals surface area contributed by atoms with Gasteiger partial charge in [0.25, 0.3) is 0 Å². The van der Waals surface area contributed by atoms with Crippen molar-refractivity contribution in [3.8, 4) is 0 Å². The summed E-state index contributed by atoms with van der Waals surface area (Å²) >= 11 is 0. The van der Waals surface area contributed by atoms with E-state index in [0.717, 1.165) is 109 Å². The molecule has 0 aromatic rings. The molecule has 0 spiro atoms. The fourth-order valence-electron chi connectivity index (χ4n) is 8.82. The van der Waals surface area contributed by atoms with E-state index in [1.807, 2.05) is 0 Å². The maximum Gasteiger partial charge on any atom is 0.472 e. The lowest BCUT2D eigenvalue weighted by molar-refractivity contribution is -0.161. The molecule has 3 N–H and O–H groups in total. The number of unbranched alkanes of at least 4 members (excludes halogenated alkanes) is 29. The van der Waals surface area contributed by atoms with Gasteiger partial charge in [-0.1, -0.05) is 241 Å². The molecular weight excluding hydrogens is 1050 g/mol. The van der Waals surface area contributed by atoms with E-state index < -0.39 is 97.5 Å². The van der Waals surface area contributed by atoms with Crippen LogP contribution in [0.25, 0.3) is 0 Å². The summed E-state index contributed by atoms with van der Waals surface area (Å²) in [6.07, 6.45) is 33.6. The Kier molecular flexibility index (Phi) is 51.5. The van der Waals surface area contributed by atoms with Gasteiger partial charge in [0.2, 0.25) is 0 Å². The maximum atomic E-state index is 12.9. The first-order valence-corrected chi connectivity index (χ1v) is 34.5. The number of aliphatic hydroxyl groups is 1. The maximum absolute atomic E-state index is 12.9. The number of ether oxygens (including phenoxy) is 4. The normalized spacial score (nSPS) is 14.4. The highest BCUT2D eigenvalue weighted by Crippen LogP contribution is 2.45. The van der Waals surface area contributed by atoms with Crippen molar-refractivity contribution in [2.75, 3.05) is 39.6 Å². The number of carbonyl (C=O) groups excluding carboxylic acids is 4. The van der Waals surface area contributed by atoms with Crippen molar-refractivity contribution >= 4 is 39.5 Å². The summed E-state index contributed by atoms with van der Waals surface area (Å²) in [5.74, 6) is -0.703. The van der Waals surface area contributed by atoms with E-state index in [4.69, 9.17) is 37.0 Å². The van der Waals surface area contributed by atoms with Gasteiger partial charge in [-0.3, -0.25) is 37.3 Å². The zero-order chi connectivity index (χ0) is 58.7. The number of rotatable bonds is 59. The highest BCUT2D eigenvalue weighted by molar-refractivity contribution is 7.47. The summed E-state index contributed by atoms with van der Waals surface area (Å²) in [5, 5.41) is 10.5. The first-order valence-electron chi connectivity index (χ1n) is 31.5. The lowest BCUT2D eigenvalue weighted by Gasteiger charge is -2.21. The van der Waals surface area contributed by atoms with Crippen LogP contribution in [0, 0.1) is 11.8 Å². The lowest BCUT2D eigenvalue weighted by atomic mass is 10.0. The minimum Gasteiger partial charge on any atom is -0.462 e. The Morgan fingerprint density at radius 3 is 0.861 bits per heavy atom. The molecule has 0 aliphatic heterocycles. The van der Waals surface area contributed by atoms with Crippen LogP contribution in [-0.4, -0.2) is 96.7 Å². The molecule has 0 radical (unpaired) electrons. The van der Waals surface area contributed by atoms with Gasteiger partial charge in [0.05, 0.1) is 26.4 Å². The van der Waals surface area contributed by atoms with E-state index in [9.17, 15) is 43.2 Å². The number of hydrogen-bond acceptors (Lipinski definition) is 15. The Morgan fingerprint density at radius 2 is 0.582 bits per heavy atom. The molecule has 17 nitrogen and oxygen atoms in total. The van der Waals surface area contributed by atoms with Crippen LogP contribution in [0.15, 0.2) is 0 Å². The van der Waals surface area contributed by atoms with E-state index in [-0.39, 0.29) is 25.7 Å². The van der Waals surface area contributed by atoms with Gasteiger partial charge in [-0.2, -0.15) is 0 Å². The zero-order valence-electron chi connectivity index (χ0n) is 50.7. The van der Waals surface area contributed by atoms with Crippen molar-refractivity contribution in [1.29, 1.82) is 0 Å². The minimum absolute atomic E-state index is 0.104. The average molecular weight is 1170 g/mol. The van der Waals surface area contributed by atoms with Gasteiger partial charge in [0, 0.05) is 25.7 Å². The highest BCUT2D eigenvalue weighted by atomic mass is 31.2. The van der Waals surface area contributed by atoms with Crippen molar-refractivity contribution in [1.82, 2.24) is 0 Å². The number of aliphatic hydroxyl groups excluding tert-OH is 1. The van der Waals surface area contributed by atoms with Crippen LogP contribution < -0.4 is 0 Å². The molecule has 0 fully saturated rings. The summed E-state index contributed by atoms with van der Waals surface area (Å²) in [6, 6.07) is 0. The van der Waals surface area contributed by atoms with Crippen LogP contribution in [0.4, 0.5) is 0 Å². The minimum atomic E-state index is -4.94. The molecule has 5 atom stereocenters. The first kappa shape index (κ1) is 77.1. The second-order valence-corrected chi connectivity index (χ2v) is 25.6. The molecule has 19 heteroatoms. The molecule has 0 aromatic carbocycles. The molecule has 0 heterocycles. The smallest absolute Gasteiger partial charge is 0.462 e. The molecule has 2 unspecified atom stereocenters. The van der Waals surface area contributed by atoms with Crippen LogP contribution in [0.5, 0.6) is 0 Å². The Balaban J connectivity index is 5.23. The van der Waals surface area contributed by atoms with Gasteiger partial charge in [-0.25, -0.2) is 9.13 Å². The van der Waals surface area contributed by atoms with Crippen LogP contribution in [-0.2, 0) is 65.4 Å². The molecule has 0 aliphatic carbocycles. The molecule has 0 bridgehead atoms. The van der Waals surface area contributed by atoms with E-state index in [1.54, 1.807) is 0 Å². The fraction of sp³-hybridized carbons (Fsp3) is 0.933. The van der Waals surface area contributed by atoms with Gasteiger partial charge < -0.3 is 33.8 Å². The van der Waals surface area contributed by atoms with Crippen LogP contribution in [0.2, 0.25) is 0 Å². The van der Waals surface area contributed by atoms with E-state index in [2.05, 4.69) is 41.5 Å². The number of phosphoric ester groups is 2. The molecule has 0 amide bonds. The molecular formula is C60H116O17P2. The molecule has 0 saturated heterocycles. The molecule has 0 aromatic heterocycles. The van der Waals surface area contributed by atoms with E-state index in [1.165, 1.54) is 96.3 Å². The molecule has 0 aliphatic rings. The largest absolute Gasteiger partial charge is 0.472 e. The van der Waals surface area contributed by atoms with Gasteiger partial charge in [0.15, 0.2) is 12.2 Å². The Bertz CT molecular complexity index is 1560. The van der Waals surface area contributed by atoms with E-state index >= 15 is 0 Å². The van der Waals surface area contributed by atoms with Crippen molar-refractivity contribution in [3.63, 3.8) is 0 Å². The Morgan fingerprint density at radius 1 is 0.342 bits per heavy atom. The second kappa shape index (κ2) is 52.8. The highest BCUT2D eigenvalue weighted by Gasteiger charge is 2.30. The predicted octanol–water partition coefficient (Wildman–Crippen LogP) is 16.1. The van der Waals surface area contributed by atoms with Crippen molar-refractivity contribution in [2.45, 2.75) is 310 Å². The summed E-state index contributed by atoms with van der Waals surface area (Å²) < 4.78 is 67.7. The third kappa shape index (κ3) is 55.0. The third-order valence-corrected chi connectivity index (χ3v) is 15.6. The lowest BCUT2D eigenvalue weighted by Crippen LogP contribution is -2.30. The van der Waals surface area contributed by atoms with Gasteiger partial charge >= 0.3 is 39.5 Å². The Hall–Kier alpha value is -1.94. The van der Waals surface area contributed by atoms with E-state index in [0.29, 0.717) is 31.6 Å². The van der Waals surface area contributed by atoms with Crippen LogP contribution >= 0.6 is 15.6 Å². The second-order valence-electron chi connectivity index (χ2n) is 22.7. The molecule has 0 saturated carbocycles. The van der Waals surface area contributed by atoms with Crippen LogP contribution in [0.1, 0.15) is 292 Å². The van der Waals surface area contributed by atoms with Crippen molar-refractivity contribution < 1.29 is 80.2 Å². The van der Waals surface area contributed by atoms with Crippen molar-refractivity contribution in [2.24, 2.45) is 11.8 Å². The number of carbonyl (C=O) groups is 4. The summed E-state index contributed by atoms with van der Waals surface area (Å²) in [4.78, 5) is 71.9. The SMILES string of the molecule is CCCCCCCCCCCC(=O)O[C@H](COC(=O)CCCCCCCCCC)COP(=O)(O)OC[C@H](O)COP(=O)(O)OC[C@@H](COC(=O)CCCCCCCCCC(C)C)OC(=O)CCCCCCCCCCCC(C)C. The first-order chi connectivity index (χ1) is 37.9. The fourth-order valence-corrected chi connectivity index (χ4v) is 10.4. The number of hydrogen-bond donors (Lipinski definition) is 3. The van der Waals surface area contributed by atoms with Crippen molar-refractivity contribution in [3.05, 3.63) is 0 Å². The average Bonchev–Trinajstić information content (AvgIpc) is 3.40. The standard InChI is InChI=1S/C60H116O17P2/c1-7-9-11-13-15-18-25-32-38-44-59(64)76-55(48-70-57(62)42-36-30-24-16-14-12-10-8-2)50-74-78(66,67)72-46-54(61)47-73-79(68,69)75-51-56(49-71-58(63)43-37-31-27-21-23-29-35-41-53(5)6)77-60(65)45-39-33-26-20-17-19-22-28-34-40-52(3)4/h52-56,61H,7-51H2,1-6H3,(H,66,67)(H,68,69)/t54-,55+,56+/m0/s1. The van der Waals surface area contributed by atoms with Crippen LogP contribution in [0.3, 0.4) is 0 Å². The van der Waals surface area contributed by atoms with Gasteiger partial charge in [-0.05, 0) is 37.5 Å². The zero-order valence-corrected chi connectivity index (χ0v) is 52.4. The summed E-state index contributed by atoms with van der Waals surface area (Å²) in [6.45, 7) is 9.34. The molecule has 79 heavy (non-hydrogen) atoms. The topological polar surface area (TPSA) is 237 Å². The summed E-state index contributed by atoms with van der Waals surface area (Å²) in [7, 11) is -9.87. The monoisotopic (exact) mass is 1170 g/mol. The number of phosphoric acid groups is 2. The summed E-state index contributed by atoms with van der Waals surface area (Å²) in [5.41, 5.74) is 0. The third-order valence-electron chi connectivity index (χ3n) is 13.7. The quantitative estimate of drug-likeness (QED) is 0.0222. The predicted molar refractivity (Wildman–Crippen MR) is 312 cm³/mol.